The quantitative estimate of drug-likeness (QED) is 0.748. The number of benzene rings is 1. The topological polar surface area (TPSA) is 36.9 Å². The third-order valence-electron chi connectivity index (χ3n) is 3.91. The molecule has 1 fully saturated rings. The lowest BCUT2D eigenvalue weighted by molar-refractivity contribution is -0.152. The lowest BCUT2D eigenvalue weighted by atomic mass is 9.96. The normalized spacial score (nSPS) is 28.8. The number of ether oxygens (including phenoxy) is 4. The van der Waals surface area contributed by atoms with Crippen molar-refractivity contribution in [2.45, 2.75) is 44.4 Å². The van der Waals surface area contributed by atoms with Gasteiger partial charge in [0.1, 0.15) is 29.9 Å². The molecular weight excluding hydrogens is 339 g/mol. The van der Waals surface area contributed by atoms with Crippen LogP contribution >= 0.6 is 24.0 Å². The molecule has 2 aliphatic rings. The maximum absolute atomic E-state index is 14.2. The first kappa shape index (κ1) is 17.0. The fraction of sp³-hybridized carbons (Fsp3) is 0.562. The fourth-order valence-corrected chi connectivity index (χ4v) is 3.20. The summed E-state index contributed by atoms with van der Waals surface area (Å²) in [5.41, 5.74) is 0.415. The smallest absolute Gasteiger partial charge is 0.220 e. The van der Waals surface area contributed by atoms with Gasteiger partial charge in [-0.05, 0) is 44.5 Å². The number of hydrogen-bond donors (Lipinski definition) is 0. The second-order valence-electron chi connectivity index (χ2n) is 5.97. The van der Waals surface area contributed by atoms with Crippen LogP contribution in [0.15, 0.2) is 18.2 Å². The van der Waals surface area contributed by atoms with E-state index in [0.29, 0.717) is 28.7 Å². The molecule has 7 heteroatoms. The molecule has 23 heavy (non-hydrogen) atoms. The lowest BCUT2D eigenvalue weighted by Crippen LogP contribution is -2.40. The zero-order valence-corrected chi connectivity index (χ0v) is 14.8. The summed E-state index contributed by atoms with van der Waals surface area (Å²) < 4.78 is 37.8. The monoisotopic (exact) mass is 358 g/mol. The molecule has 0 spiro atoms. The van der Waals surface area contributed by atoms with Crippen molar-refractivity contribution in [2.75, 3.05) is 12.9 Å². The van der Waals surface area contributed by atoms with Crippen molar-refractivity contribution in [2.24, 2.45) is 0 Å². The van der Waals surface area contributed by atoms with Crippen LogP contribution in [0.1, 0.15) is 31.9 Å². The molecule has 0 unspecified atom stereocenters. The Labute approximate surface area is 144 Å². The van der Waals surface area contributed by atoms with Crippen LogP contribution in [-0.2, 0) is 14.2 Å². The summed E-state index contributed by atoms with van der Waals surface area (Å²) >= 11 is 6.46. The molecule has 1 aromatic carbocycles. The minimum atomic E-state index is -0.638. The average molecular weight is 358 g/mol. The molecule has 0 aromatic heterocycles. The van der Waals surface area contributed by atoms with E-state index < -0.39 is 11.9 Å². The predicted octanol–water partition coefficient (Wildman–Crippen LogP) is 3.83. The standard InChI is InChI=1S/C16H19FO4S2/c1-16(2)18-8-13(21-16)11-7-12(20-15(22)23-3)14-9(17)5-4-6-10(14)19-11/h4-6,11-13H,7-8H2,1-3H3/t11-,12-,13-/m0/s1. The Morgan fingerprint density at radius 3 is 2.83 bits per heavy atom. The molecule has 0 radical (unpaired) electrons. The highest BCUT2D eigenvalue weighted by atomic mass is 32.2. The maximum Gasteiger partial charge on any atom is 0.220 e. The number of halogens is 1. The van der Waals surface area contributed by atoms with Gasteiger partial charge in [0.25, 0.3) is 0 Å². The third-order valence-corrected chi connectivity index (χ3v) is 4.94. The molecule has 4 nitrogen and oxygen atoms in total. The zero-order valence-electron chi connectivity index (χ0n) is 13.2. The largest absolute Gasteiger partial charge is 0.487 e. The van der Waals surface area contributed by atoms with Gasteiger partial charge in [-0.15, -0.1) is 0 Å². The van der Waals surface area contributed by atoms with Crippen molar-refractivity contribution < 1.29 is 23.3 Å². The fourth-order valence-electron chi connectivity index (χ4n) is 2.87. The summed E-state index contributed by atoms with van der Waals surface area (Å²) in [5.74, 6) is -0.511. The number of rotatable bonds is 2. The molecule has 2 heterocycles. The molecule has 0 bridgehead atoms. The van der Waals surface area contributed by atoms with Gasteiger partial charge >= 0.3 is 0 Å². The highest BCUT2D eigenvalue weighted by Crippen LogP contribution is 2.42. The third kappa shape index (κ3) is 3.63. The zero-order chi connectivity index (χ0) is 16.6. The van der Waals surface area contributed by atoms with Crippen LogP contribution in [0.25, 0.3) is 0 Å². The molecule has 1 aromatic rings. The second kappa shape index (κ2) is 6.55. The van der Waals surface area contributed by atoms with Gasteiger partial charge in [-0.3, -0.25) is 0 Å². The van der Waals surface area contributed by atoms with Crippen LogP contribution in [0.4, 0.5) is 4.39 Å². The highest BCUT2D eigenvalue weighted by molar-refractivity contribution is 8.22. The van der Waals surface area contributed by atoms with E-state index in [1.165, 1.54) is 17.8 Å². The first-order valence-corrected chi connectivity index (χ1v) is 9.04. The summed E-state index contributed by atoms with van der Waals surface area (Å²) in [4.78, 5) is 0. The highest BCUT2D eigenvalue weighted by Gasteiger charge is 2.43. The van der Waals surface area contributed by atoms with Gasteiger partial charge < -0.3 is 18.9 Å². The van der Waals surface area contributed by atoms with Crippen molar-refractivity contribution in [1.82, 2.24) is 0 Å². The second-order valence-corrected chi connectivity index (χ2v) is 7.38. The van der Waals surface area contributed by atoms with Crippen LogP contribution in [0, 0.1) is 5.82 Å². The SMILES string of the molecule is CSC(=S)O[C@H]1C[C@@H]([C@@H]2COC(C)(C)O2)Oc2cccc(F)c21. The van der Waals surface area contributed by atoms with E-state index in [-0.39, 0.29) is 18.0 Å². The minimum Gasteiger partial charge on any atom is -0.487 e. The van der Waals surface area contributed by atoms with E-state index in [0.717, 1.165) is 0 Å². The van der Waals surface area contributed by atoms with Gasteiger partial charge in [0.05, 0.1) is 12.2 Å². The Balaban J connectivity index is 1.86. The molecule has 0 N–H and O–H groups in total. The first-order valence-electron chi connectivity index (χ1n) is 7.41. The van der Waals surface area contributed by atoms with Crippen LogP contribution < -0.4 is 4.74 Å². The lowest BCUT2D eigenvalue weighted by Gasteiger charge is -2.34. The summed E-state index contributed by atoms with van der Waals surface area (Å²) in [6.07, 6.45) is 1.30. The van der Waals surface area contributed by atoms with E-state index >= 15 is 0 Å². The van der Waals surface area contributed by atoms with Gasteiger partial charge in [0, 0.05) is 6.42 Å². The summed E-state index contributed by atoms with van der Waals surface area (Å²) in [7, 11) is 0. The van der Waals surface area contributed by atoms with Gasteiger partial charge in [-0.25, -0.2) is 4.39 Å². The Morgan fingerprint density at radius 2 is 2.17 bits per heavy atom. The predicted molar refractivity (Wildman–Crippen MR) is 90.3 cm³/mol. The molecule has 0 amide bonds. The summed E-state index contributed by atoms with van der Waals surface area (Å²) in [6, 6.07) is 4.76. The molecule has 0 saturated carbocycles. The van der Waals surface area contributed by atoms with Crippen LogP contribution in [0.2, 0.25) is 0 Å². The van der Waals surface area contributed by atoms with Gasteiger partial charge in [-0.1, -0.05) is 17.8 Å². The minimum absolute atomic E-state index is 0.227. The molecule has 1 saturated heterocycles. The average Bonchev–Trinajstić information content (AvgIpc) is 2.87. The molecular formula is C16H19FO4S2. The summed E-state index contributed by atoms with van der Waals surface area (Å²) in [6.45, 7) is 4.16. The van der Waals surface area contributed by atoms with Gasteiger partial charge in [-0.2, -0.15) is 0 Å². The number of fused-ring (bicyclic) bond motifs is 1. The number of hydrogen-bond acceptors (Lipinski definition) is 6. The summed E-state index contributed by atoms with van der Waals surface area (Å²) in [5, 5.41) is 0. The Bertz CT molecular complexity index is 608. The molecule has 0 aliphatic carbocycles. The van der Waals surface area contributed by atoms with E-state index in [1.54, 1.807) is 12.1 Å². The van der Waals surface area contributed by atoms with Crippen LogP contribution in [-0.4, -0.2) is 35.2 Å². The van der Waals surface area contributed by atoms with E-state index in [2.05, 4.69) is 0 Å². The molecule has 3 atom stereocenters. The molecule has 2 aliphatic heterocycles. The Kier molecular flexibility index (Phi) is 4.83. The van der Waals surface area contributed by atoms with E-state index in [9.17, 15) is 4.39 Å². The maximum atomic E-state index is 14.2. The first-order chi connectivity index (χ1) is 10.9. The van der Waals surface area contributed by atoms with Crippen molar-refractivity contribution in [3.8, 4) is 5.75 Å². The molecule has 3 rings (SSSR count). The van der Waals surface area contributed by atoms with Crippen LogP contribution in [0.3, 0.4) is 0 Å². The van der Waals surface area contributed by atoms with Crippen molar-refractivity contribution >= 4 is 28.4 Å². The molecule has 126 valence electrons. The van der Waals surface area contributed by atoms with E-state index in [4.69, 9.17) is 31.2 Å². The van der Waals surface area contributed by atoms with Gasteiger partial charge in [0.2, 0.25) is 4.38 Å². The number of thiocarbonyl (C=S) groups is 1. The van der Waals surface area contributed by atoms with Crippen molar-refractivity contribution in [3.63, 3.8) is 0 Å². The van der Waals surface area contributed by atoms with Crippen molar-refractivity contribution in [1.29, 1.82) is 0 Å². The van der Waals surface area contributed by atoms with Crippen molar-refractivity contribution in [3.05, 3.63) is 29.6 Å². The van der Waals surface area contributed by atoms with Gasteiger partial charge in [0.15, 0.2) is 5.79 Å². The number of thioether (sulfide) groups is 1. The Morgan fingerprint density at radius 1 is 1.39 bits per heavy atom. The Hall–Kier alpha value is -0.890. The van der Waals surface area contributed by atoms with Crippen LogP contribution in [0.5, 0.6) is 5.75 Å². The van der Waals surface area contributed by atoms with E-state index in [1.807, 2.05) is 20.1 Å².